The highest BCUT2D eigenvalue weighted by atomic mass is 35.5. The van der Waals surface area contributed by atoms with Crippen molar-refractivity contribution in [3.05, 3.63) is 68.2 Å². The normalized spacial score (nSPS) is 10.6. The maximum atomic E-state index is 12.6. The Labute approximate surface area is 123 Å². The standard InChI is InChI=1S/C16H14Cl2O/c1-9-7-11(3)13(8-10(9)2)16(19)12-5-4-6-14(17)15(12)18/h4-8H,1-3H3. The molecule has 2 aromatic rings. The van der Waals surface area contributed by atoms with E-state index in [4.69, 9.17) is 23.2 Å². The third kappa shape index (κ3) is 2.68. The van der Waals surface area contributed by atoms with Crippen molar-refractivity contribution < 1.29 is 4.79 Å². The van der Waals surface area contributed by atoms with Crippen LogP contribution in [0, 0.1) is 20.8 Å². The zero-order valence-electron chi connectivity index (χ0n) is 11.1. The molecule has 0 atom stereocenters. The van der Waals surface area contributed by atoms with Crippen LogP contribution < -0.4 is 0 Å². The van der Waals surface area contributed by atoms with Gasteiger partial charge in [-0.1, -0.05) is 35.3 Å². The summed E-state index contributed by atoms with van der Waals surface area (Å²) in [6, 6.07) is 9.03. The van der Waals surface area contributed by atoms with E-state index in [0.29, 0.717) is 21.2 Å². The van der Waals surface area contributed by atoms with Gasteiger partial charge in [0.25, 0.3) is 0 Å². The van der Waals surface area contributed by atoms with Crippen molar-refractivity contribution in [3.8, 4) is 0 Å². The summed E-state index contributed by atoms with van der Waals surface area (Å²) in [6.45, 7) is 5.95. The van der Waals surface area contributed by atoms with Gasteiger partial charge in [0, 0.05) is 11.1 Å². The van der Waals surface area contributed by atoms with E-state index in [1.807, 2.05) is 32.9 Å². The van der Waals surface area contributed by atoms with Crippen molar-refractivity contribution in [2.45, 2.75) is 20.8 Å². The van der Waals surface area contributed by atoms with Crippen molar-refractivity contribution in [2.24, 2.45) is 0 Å². The Bertz CT molecular complexity index is 660. The fourth-order valence-corrected chi connectivity index (χ4v) is 2.42. The second kappa shape index (κ2) is 5.36. The van der Waals surface area contributed by atoms with E-state index in [0.717, 1.165) is 11.1 Å². The van der Waals surface area contributed by atoms with Gasteiger partial charge < -0.3 is 0 Å². The number of ketones is 1. The Morgan fingerprint density at radius 2 is 1.53 bits per heavy atom. The van der Waals surface area contributed by atoms with Crippen LogP contribution in [0.25, 0.3) is 0 Å². The number of halogens is 2. The highest BCUT2D eigenvalue weighted by Crippen LogP contribution is 2.28. The Morgan fingerprint density at radius 3 is 2.21 bits per heavy atom. The average molecular weight is 293 g/mol. The van der Waals surface area contributed by atoms with Crippen molar-refractivity contribution in [2.75, 3.05) is 0 Å². The molecule has 3 heteroatoms. The molecule has 0 radical (unpaired) electrons. The first-order valence-electron chi connectivity index (χ1n) is 5.98. The van der Waals surface area contributed by atoms with Crippen LogP contribution in [0.5, 0.6) is 0 Å². The molecule has 1 nitrogen and oxygen atoms in total. The monoisotopic (exact) mass is 292 g/mol. The van der Waals surface area contributed by atoms with Crippen LogP contribution in [0.4, 0.5) is 0 Å². The minimum Gasteiger partial charge on any atom is -0.289 e. The molecule has 2 rings (SSSR count). The van der Waals surface area contributed by atoms with E-state index in [1.54, 1.807) is 18.2 Å². The Balaban J connectivity index is 2.56. The fourth-order valence-electron chi connectivity index (χ4n) is 2.03. The molecule has 0 bridgehead atoms. The van der Waals surface area contributed by atoms with Crippen LogP contribution >= 0.6 is 23.2 Å². The molecule has 0 saturated heterocycles. The topological polar surface area (TPSA) is 17.1 Å². The van der Waals surface area contributed by atoms with E-state index in [1.165, 1.54) is 5.56 Å². The van der Waals surface area contributed by atoms with E-state index >= 15 is 0 Å². The van der Waals surface area contributed by atoms with Crippen LogP contribution in [0.1, 0.15) is 32.6 Å². The minimum absolute atomic E-state index is 0.0897. The molecule has 0 saturated carbocycles. The number of hydrogen-bond donors (Lipinski definition) is 0. The lowest BCUT2D eigenvalue weighted by Gasteiger charge is -2.10. The highest BCUT2D eigenvalue weighted by molar-refractivity contribution is 6.44. The van der Waals surface area contributed by atoms with E-state index in [2.05, 4.69) is 0 Å². The molecule has 19 heavy (non-hydrogen) atoms. The predicted molar refractivity (Wildman–Crippen MR) is 80.5 cm³/mol. The number of aryl methyl sites for hydroxylation is 3. The smallest absolute Gasteiger partial charge is 0.194 e. The van der Waals surface area contributed by atoms with Gasteiger partial charge in [0.1, 0.15) is 0 Å². The summed E-state index contributed by atoms with van der Waals surface area (Å²) in [5, 5.41) is 0.709. The van der Waals surface area contributed by atoms with Gasteiger partial charge in [-0.25, -0.2) is 0 Å². The van der Waals surface area contributed by atoms with Gasteiger partial charge >= 0.3 is 0 Å². The summed E-state index contributed by atoms with van der Waals surface area (Å²) in [4.78, 5) is 12.6. The molecule has 0 amide bonds. The van der Waals surface area contributed by atoms with Crippen molar-refractivity contribution >= 4 is 29.0 Å². The molecule has 0 unspecified atom stereocenters. The largest absolute Gasteiger partial charge is 0.289 e. The van der Waals surface area contributed by atoms with Gasteiger partial charge in [-0.2, -0.15) is 0 Å². The molecule has 0 aliphatic heterocycles. The SMILES string of the molecule is Cc1cc(C)c(C(=O)c2cccc(Cl)c2Cl)cc1C. The number of benzene rings is 2. The molecule has 0 fully saturated rings. The second-order valence-corrected chi connectivity index (χ2v) is 5.47. The molecule has 0 N–H and O–H groups in total. The molecule has 0 aliphatic rings. The van der Waals surface area contributed by atoms with Gasteiger partial charge in [0.05, 0.1) is 10.0 Å². The first-order chi connectivity index (χ1) is 8.91. The van der Waals surface area contributed by atoms with Crippen LogP contribution in [-0.2, 0) is 0 Å². The zero-order chi connectivity index (χ0) is 14.2. The quantitative estimate of drug-likeness (QED) is 0.700. The minimum atomic E-state index is -0.0897. The molecule has 0 aliphatic carbocycles. The van der Waals surface area contributed by atoms with Crippen molar-refractivity contribution in [3.63, 3.8) is 0 Å². The predicted octanol–water partition coefficient (Wildman–Crippen LogP) is 5.15. The average Bonchev–Trinajstić information content (AvgIpc) is 2.36. The highest BCUT2D eigenvalue weighted by Gasteiger charge is 2.17. The van der Waals surface area contributed by atoms with Crippen molar-refractivity contribution in [1.82, 2.24) is 0 Å². The van der Waals surface area contributed by atoms with Crippen LogP contribution in [0.15, 0.2) is 30.3 Å². The lowest BCUT2D eigenvalue weighted by Crippen LogP contribution is -2.06. The summed E-state index contributed by atoms with van der Waals surface area (Å²) >= 11 is 12.1. The fraction of sp³-hybridized carbons (Fsp3) is 0.188. The number of hydrogen-bond acceptors (Lipinski definition) is 1. The third-order valence-corrected chi connectivity index (χ3v) is 4.10. The molecule has 0 heterocycles. The summed E-state index contributed by atoms with van der Waals surface area (Å²) in [6.07, 6.45) is 0. The Hall–Kier alpha value is -1.31. The number of carbonyl (C=O) groups is 1. The third-order valence-electron chi connectivity index (χ3n) is 3.28. The molecule has 0 aromatic heterocycles. The summed E-state index contributed by atoms with van der Waals surface area (Å²) in [5.41, 5.74) is 4.33. The maximum Gasteiger partial charge on any atom is 0.194 e. The molecular weight excluding hydrogens is 279 g/mol. The summed E-state index contributed by atoms with van der Waals surface area (Å²) < 4.78 is 0. The Kier molecular flexibility index (Phi) is 3.98. The summed E-state index contributed by atoms with van der Waals surface area (Å²) in [7, 11) is 0. The zero-order valence-corrected chi connectivity index (χ0v) is 12.6. The van der Waals surface area contributed by atoms with Crippen LogP contribution in [-0.4, -0.2) is 5.78 Å². The first-order valence-corrected chi connectivity index (χ1v) is 6.74. The molecule has 0 spiro atoms. The van der Waals surface area contributed by atoms with E-state index in [9.17, 15) is 4.79 Å². The Morgan fingerprint density at radius 1 is 0.895 bits per heavy atom. The lowest BCUT2D eigenvalue weighted by atomic mass is 9.95. The van der Waals surface area contributed by atoms with E-state index < -0.39 is 0 Å². The van der Waals surface area contributed by atoms with Gasteiger partial charge in [-0.05, 0) is 55.7 Å². The lowest BCUT2D eigenvalue weighted by molar-refractivity contribution is 0.103. The summed E-state index contributed by atoms with van der Waals surface area (Å²) in [5.74, 6) is -0.0897. The van der Waals surface area contributed by atoms with Gasteiger partial charge in [-0.15, -0.1) is 0 Å². The van der Waals surface area contributed by atoms with Crippen LogP contribution in [0.3, 0.4) is 0 Å². The van der Waals surface area contributed by atoms with Gasteiger partial charge in [0.2, 0.25) is 0 Å². The number of rotatable bonds is 2. The van der Waals surface area contributed by atoms with Gasteiger partial charge in [-0.3, -0.25) is 4.79 Å². The van der Waals surface area contributed by atoms with Crippen molar-refractivity contribution in [1.29, 1.82) is 0 Å². The second-order valence-electron chi connectivity index (χ2n) is 4.68. The molecule has 2 aromatic carbocycles. The molecular formula is C16H14Cl2O. The van der Waals surface area contributed by atoms with Crippen LogP contribution in [0.2, 0.25) is 10.0 Å². The maximum absolute atomic E-state index is 12.6. The molecule has 98 valence electrons. The van der Waals surface area contributed by atoms with Gasteiger partial charge in [0.15, 0.2) is 5.78 Å². The van der Waals surface area contributed by atoms with E-state index in [-0.39, 0.29) is 5.78 Å². The number of carbonyl (C=O) groups excluding carboxylic acids is 1. The first kappa shape index (κ1) is 14.1.